The first kappa shape index (κ1) is 15.7. The molecule has 1 aliphatic rings. The summed E-state index contributed by atoms with van der Waals surface area (Å²) in [7, 11) is -2.16. The van der Waals surface area contributed by atoms with Crippen LogP contribution < -0.4 is 10.0 Å². The molecule has 5 nitrogen and oxygen atoms in total. The monoisotopic (exact) mass is 308 g/mol. The molecule has 0 saturated heterocycles. The van der Waals surface area contributed by atoms with Gasteiger partial charge in [-0.1, -0.05) is 18.2 Å². The Morgan fingerprint density at radius 3 is 2.67 bits per heavy atom. The Morgan fingerprint density at radius 1 is 1.29 bits per heavy atom. The van der Waals surface area contributed by atoms with E-state index in [1.54, 1.807) is 19.1 Å². The summed E-state index contributed by atoms with van der Waals surface area (Å²) >= 11 is 0. The van der Waals surface area contributed by atoms with E-state index < -0.39 is 10.0 Å². The first-order chi connectivity index (χ1) is 9.94. The topological polar surface area (TPSA) is 75.3 Å². The Morgan fingerprint density at radius 2 is 2.05 bits per heavy atom. The van der Waals surface area contributed by atoms with Crippen LogP contribution in [-0.4, -0.2) is 21.4 Å². The van der Waals surface area contributed by atoms with E-state index in [0.717, 1.165) is 19.3 Å². The molecule has 1 amide bonds. The molecule has 2 N–H and O–H groups in total. The SMILES string of the molecule is CNS(=O)(=O)c1cc(NC(=O)C2CC=CCC2)ccc1C. The Hall–Kier alpha value is -1.66. The van der Waals surface area contributed by atoms with Gasteiger partial charge in [0, 0.05) is 11.6 Å². The lowest BCUT2D eigenvalue weighted by Crippen LogP contribution is -2.24. The maximum absolute atomic E-state index is 12.2. The fourth-order valence-electron chi connectivity index (χ4n) is 2.35. The molecule has 0 heterocycles. The average Bonchev–Trinajstić information content (AvgIpc) is 2.50. The number of anilines is 1. The largest absolute Gasteiger partial charge is 0.326 e. The average molecular weight is 308 g/mol. The predicted molar refractivity (Wildman–Crippen MR) is 82.5 cm³/mol. The summed E-state index contributed by atoms with van der Waals surface area (Å²) in [5, 5.41) is 2.81. The minimum atomic E-state index is -3.52. The van der Waals surface area contributed by atoms with Crippen LogP contribution in [0.25, 0.3) is 0 Å². The van der Waals surface area contributed by atoms with E-state index in [0.29, 0.717) is 11.3 Å². The highest BCUT2D eigenvalue weighted by molar-refractivity contribution is 7.89. The molecule has 0 bridgehead atoms. The highest BCUT2D eigenvalue weighted by Crippen LogP contribution is 2.23. The van der Waals surface area contributed by atoms with E-state index in [1.807, 2.05) is 6.08 Å². The van der Waals surface area contributed by atoms with Crippen molar-refractivity contribution in [1.29, 1.82) is 0 Å². The molecule has 0 fully saturated rings. The van der Waals surface area contributed by atoms with Crippen molar-refractivity contribution < 1.29 is 13.2 Å². The van der Waals surface area contributed by atoms with Crippen LogP contribution in [-0.2, 0) is 14.8 Å². The van der Waals surface area contributed by atoms with Gasteiger partial charge in [-0.15, -0.1) is 0 Å². The molecular weight excluding hydrogens is 288 g/mol. The normalized spacial score (nSPS) is 18.5. The number of amides is 1. The van der Waals surface area contributed by atoms with Gasteiger partial charge in [-0.2, -0.15) is 0 Å². The van der Waals surface area contributed by atoms with Gasteiger partial charge in [0.1, 0.15) is 0 Å². The minimum absolute atomic E-state index is 0.0411. The Balaban J connectivity index is 2.20. The molecule has 114 valence electrons. The van der Waals surface area contributed by atoms with Crippen molar-refractivity contribution in [1.82, 2.24) is 4.72 Å². The third-order valence-corrected chi connectivity index (χ3v) is 5.21. The third-order valence-electron chi connectivity index (χ3n) is 3.65. The molecule has 0 aliphatic heterocycles. The van der Waals surface area contributed by atoms with E-state index >= 15 is 0 Å². The lowest BCUT2D eigenvalue weighted by atomic mass is 9.93. The molecule has 0 spiro atoms. The van der Waals surface area contributed by atoms with Gasteiger partial charge >= 0.3 is 0 Å². The first-order valence-corrected chi connectivity index (χ1v) is 8.42. The summed E-state index contributed by atoms with van der Waals surface area (Å²) in [5.74, 6) is -0.100. The third kappa shape index (κ3) is 3.71. The predicted octanol–water partition coefficient (Wildman–Crippen LogP) is 2.20. The summed E-state index contributed by atoms with van der Waals surface area (Å²) in [4.78, 5) is 12.4. The lowest BCUT2D eigenvalue weighted by Gasteiger charge is -2.18. The second kappa shape index (κ2) is 6.41. The molecule has 1 aromatic carbocycles. The van der Waals surface area contributed by atoms with Crippen molar-refractivity contribution in [3.8, 4) is 0 Å². The van der Waals surface area contributed by atoms with Crippen LogP contribution in [0.1, 0.15) is 24.8 Å². The summed E-state index contributed by atoms with van der Waals surface area (Å²) in [5.41, 5.74) is 1.15. The molecule has 0 radical (unpaired) electrons. The molecule has 0 saturated carbocycles. The van der Waals surface area contributed by atoms with Gasteiger partial charge in [-0.3, -0.25) is 4.79 Å². The van der Waals surface area contributed by atoms with Crippen molar-refractivity contribution in [2.24, 2.45) is 5.92 Å². The summed E-state index contributed by atoms with van der Waals surface area (Å²) in [6.45, 7) is 1.72. The molecule has 1 aliphatic carbocycles. The summed E-state index contributed by atoms with van der Waals surface area (Å²) in [6, 6.07) is 4.92. The highest BCUT2D eigenvalue weighted by atomic mass is 32.2. The Bertz CT molecular complexity index is 665. The quantitative estimate of drug-likeness (QED) is 0.837. The van der Waals surface area contributed by atoms with Gasteiger partial charge in [0.25, 0.3) is 0 Å². The van der Waals surface area contributed by atoms with Crippen LogP contribution in [0.4, 0.5) is 5.69 Å². The number of carbonyl (C=O) groups excluding carboxylic acids is 1. The van der Waals surface area contributed by atoms with E-state index in [-0.39, 0.29) is 16.7 Å². The van der Waals surface area contributed by atoms with E-state index in [2.05, 4.69) is 16.1 Å². The number of sulfonamides is 1. The summed E-state index contributed by atoms with van der Waals surface area (Å²) < 4.78 is 26.1. The van der Waals surface area contributed by atoms with Crippen LogP contribution >= 0.6 is 0 Å². The minimum Gasteiger partial charge on any atom is -0.326 e. The molecule has 1 unspecified atom stereocenters. The van der Waals surface area contributed by atoms with Crippen molar-refractivity contribution >= 4 is 21.6 Å². The molecule has 6 heteroatoms. The molecule has 1 atom stereocenters. The summed E-state index contributed by atoms with van der Waals surface area (Å²) in [6.07, 6.45) is 6.56. The fraction of sp³-hybridized carbons (Fsp3) is 0.400. The van der Waals surface area contributed by atoms with Crippen molar-refractivity contribution in [3.05, 3.63) is 35.9 Å². The second-order valence-corrected chi connectivity index (χ2v) is 7.01. The number of hydrogen-bond acceptors (Lipinski definition) is 3. The van der Waals surface area contributed by atoms with Crippen molar-refractivity contribution in [2.75, 3.05) is 12.4 Å². The molecular formula is C15H20N2O3S. The smallest absolute Gasteiger partial charge is 0.240 e. The van der Waals surface area contributed by atoms with E-state index in [9.17, 15) is 13.2 Å². The van der Waals surface area contributed by atoms with Crippen LogP contribution in [0.2, 0.25) is 0 Å². The van der Waals surface area contributed by atoms with E-state index in [1.165, 1.54) is 13.1 Å². The number of hydrogen-bond donors (Lipinski definition) is 2. The van der Waals surface area contributed by atoms with Crippen LogP contribution in [0.5, 0.6) is 0 Å². The number of allylic oxidation sites excluding steroid dienone is 2. The van der Waals surface area contributed by atoms with Gasteiger partial charge in [0.05, 0.1) is 4.90 Å². The van der Waals surface area contributed by atoms with Gasteiger partial charge in [0.2, 0.25) is 15.9 Å². The maximum Gasteiger partial charge on any atom is 0.240 e. The van der Waals surface area contributed by atoms with Gasteiger partial charge in [-0.05, 0) is 50.9 Å². The fourth-order valence-corrected chi connectivity index (χ4v) is 3.35. The zero-order valence-electron chi connectivity index (χ0n) is 12.2. The Kier molecular flexibility index (Phi) is 4.80. The number of carbonyl (C=O) groups is 1. The molecule has 21 heavy (non-hydrogen) atoms. The van der Waals surface area contributed by atoms with Gasteiger partial charge in [0.15, 0.2) is 0 Å². The lowest BCUT2D eigenvalue weighted by molar-refractivity contribution is -0.120. The standard InChI is InChI=1S/C15H20N2O3S/c1-11-8-9-13(10-14(11)21(19,20)16-2)17-15(18)12-6-4-3-5-7-12/h3-4,8-10,12,16H,5-7H2,1-2H3,(H,17,18). The molecule has 1 aromatic rings. The maximum atomic E-state index is 12.2. The Labute approximate surface area is 125 Å². The van der Waals surface area contributed by atoms with E-state index in [4.69, 9.17) is 0 Å². The van der Waals surface area contributed by atoms with Crippen LogP contribution in [0.15, 0.2) is 35.2 Å². The van der Waals surface area contributed by atoms with Crippen molar-refractivity contribution in [2.45, 2.75) is 31.1 Å². The van der Waals surface area contributed by atoms with Crippen LogP contribution in [0.3, 0.4) is 0 Å². The number of benzene rings is 1. The second-order valence-electron chi connectivity index (χ2n) is 5.16. The number of rotatable bonds is 4. The molecule has 2 rings (SSSR count). The zero-order chi connectivity index (χ0) is 15.5. The van der Waals surface area contributed by atoms with Crippen LogP contribution in [0, 0.1) is 12.8 Å². The van der Waals surface area contributed by atoms with Gasteiger partial charge in [-0.25, -0.2) is 13.1 Å². The first-order valence-electron chi connectivity index (χ1n) is 6.94. The number of aryl methyl sites for hydroxylation is 1. The number of nitrogens with one attached hydrogen (secondary N) is 2. The van der Waals surface area contributed by atoms with Crippen molar-refractivity contribution in [3.63, 3.8) is 0 Å². The molecule has 0 aromatic heterocycles. The highest BCUT2D eigenvalue weighted by Gasteiger charge is 2.20. The zero-order valence-corrected chi connectivity index (χ0v) is 13.0. The van der Waals surface area contributed by atoms with Gasteiger partial charge < -0.3 is 5.32 Å².